The Hall–Kier alpha value is -1.76. The van der Waals surface area contributed by atoms with E-state index in [9.17, 15) is 9.59 Å². The molecule has 0 spiro atoms. The van der Waals surface area contributed by atoms with Crippen molar-refractivity contribution in [2.24, 2.45) is 17.3 Å². The third-order valence-corrected chi connectivity index (χ3v) is 9.92. The van der Waals surface area contributed by atoms with Gasteiger partial charge >= 0.3 is 11.9 Å². The van der Waals surface area contributed by atoms with Crippen LogP contribution < -0.4 is 10.6 Å². The van der Waals surface area contributed by atoms with Crippen LogP contribution in [0, 0.1) is 17.3 Å². The van der Waals surface area contributed by atoms with Crippen LogP contribution in [0.4, 0.5) is 0 Å². The molecule has 174 valence electrons. The molecule has 0 amide bonds. The zero-order valence-electron chi connectivity index (χ0n) is 19.3. The maximum Gasteiger partial charge on any atom is 0.338 e. The van der Waals surface area contributed by atoms with Crippen LogP contribution in [-0.2, 0) is 9.47 Å². The predicted octanol–water partition coefficient (Wildman–Crippen LogP) is 4.91. The monoisotopic (exact) mass is 482 g/mol. The fourth-order valence-corrected chi connectivity index (χ4v) is 7.74. The van der Waals surface area contributed by atoms with Crippen molar-refractivity contribution >= 4 is 39.7 Å². The van der Waals surface area contributed by atoms with Crippen LogP contribution in [-0.4, -0.2) is 37.5 Å². The Balaban J connectivity index is 1.40. The van der Waals surface area contributed by atoms with Gasteiger partial charge in [-0.15, -0.1) is 0 Å². The van der Waals surface area contributed by atoms with Gasteiger partial charge in [0.25, 0.3) is 0 Å². The smallest absolute Gasteiger partial charge is 0.338 e. The number of carbonyl (C=O) groups excluding carboxylic acids is 2. The molecule has 33 heavy (non-hydrogen) atoms. The molecule has 2 aromatic carbocycles. The van der Waals surface area contributed by atoms with Crippen molar-refractivity contribution in [1.82, 2.24) is 0 Å². The molecule has 0 radical (unpaired) electrons. The van der Waals surface area contributed by atoms with Gasteiger partial charge in [0.1, 0.15) is 12.2 Å². The van der Waals surface area contributed by atoms with Crippen molar-refractivity contribution in [3.8, 4) is 0 Å². The quantitative estimate of drug-likeness (QED) is 0.434. The fraction of sp³-hybridized carbons (Fsp3) is 0.481. The van der Waals surface area contributed by atoms with E-state index in [4.69, 9.17) is 9.47 Å². The number of hydrogen-bond acceptors (Lipinski definition) is 4. The highest BCUT2D eigenvalue weighted by molar-refractivity contribution is 7.46. The van der Waals surface area contributed by atoms with E-state index in [0.717, 1.165) is 29.9 Å². The van der Waals surface area contributed by atoms with Crippen LogP contribution in [0.2, 0.25) is 0 Å². The normalized spacial score (nSPS) is 30.7. The summed E-state index contributed by atoms with van der Waals surface area (Å²) in [5.41, 5.74) is 1.43. The second-order valence-electron chi connectivity index (χ2n) is 9.74. The van der Waals surface area contributed by atoms with Gasteiger partial charge in [0, 0.05) is 5.92 Å². The molecule has 3 aliphatic carbocycles. The summed E-state index contributed by atoms with van der Waals surface area (Å²) in [5, 5.41) is 2.28. The summed E-state index contributed by atoms with van der Waals surface area (Å²) in [6.07, 6.45) is 5.89. The first kappa shape index (κ1) is 23.0. The van der Waals surface area contributed by atoms with Crippen molar-refractivity contribution in [2.75, 3.05) is 13.3 Å². The number of hydrogen-bond donors (Lipinski definition) is 0. The number of carbonyl (C=O) groups is 2. The second-order valence-corrected chi connectivity index (χ2v) is 11.9. The van der Waals surface area contributed by atoms with Crippen LogP contribution in [0.3, 0.4) is 0 Å². The minimum Gasteiger partial charge on any atom is -0.455 e. The molecule has 0 aliphatic heterocycles. The Morgan fingerprint density at radius 1 is 0.879 bits per heavy atom. The minimum absolute atomic E-state index is 0.258. The standard InChI is InChI=1S/C27H32O4P2/c1-32-19-8-3-6-17(14-19)25(28)30-23-16-27-12-5-10-22(27)21(11-13-27)24(23)31-26(29)18-7-4-9-20(15-18)33-2/h3-4,6-9,14-15,21-24,32-33H,5,10-13,16H2,1-2H3. The molecule has 5 rings (SSSR count). The van der Waals surface area contributed by atoms with E-state index in [0.29, 0.717) is 34.2 Å². The van der Waals surface area contributed by atoms with Crippen molar-refractivity contribution in [3.05, 3.63) is 59.7 Å². The average molecular weight is 482 g/mol. The van der Waals surface area contributed by atoms with E-state index < -0.39 is 0 Å². The van der Waals surface area contributed by atoms with Crippen molar-refractivity contribution in [3.63, 3.8) is 0 Å². The summed E-state index contributed by atoms with van der Waals surface area (Å²) in [6, 6.07) is 15.4. The zero-order valence-corrected chi connectivity index (χ0v) is 21.3. The Labute approximate surface area is 199 Å². The summed E-state index contributed by atoms with van der Waals surface area (Å²) in [7, 11) is 1.25. The van der Waals surface area contributed by atoms with Crippen LogP contribution in [0.1, 0.15) is 59.2 Å². The van der Waals surface area contributed by atoms with Gasteiger partial charge in [-0.05, 0) is 91.6 Å². The van der Waals surface area contributed by atoms with Crippen molar-refractivity contribution < 1.29 is 19.1 Å². The highest BCUT2D eigenvalue weighted by Gasteiger charge is 2.61. The van der Waals surface area contributed by atoms with Gasteiger partial charge in [0.15, 0.2) is 0 Å². The number of rotatable bonds is 6. The second kappa shape index (κ2) is 9.47. The molecular formula is C27H32O4P2. The molecule has 3 aliphatic rings. The lowest BCUT2D eigenvalue weighted by Gasteiger charge is -2.44. The molecule has 3 saturated carbocycles. The van der Waals surface area contributed by atoms with Crippen molar-refractivity contribution in [2.45, 2.75) is 50.7 Å². The molecular weight excluding hydrogens is 450 g/mol. The Bertz CT molecular complexity index is 1050. The number of esters is 2. The van der Waals surface area contributed by atoms with E-state index in [2.05, 4.69) is 13.3 Å². The highest BCUT2D eigenvalue weighted by Crippen LogP contribution is 2.64. The lowest BCUT2D eigenvalue weighted by molar-refractivity contribution is -0.102. The first-order valence-electron chi connectivity index (χ1n) is 12.0. The molecule has 7 atom stereocenters. The SMILES string of the molecule is CPc1cccc(C(=O)OC2CC34CCCC3C(CC4)C2OC(=O)c2cccc(PC)c2)c1. The Morgan fingerprint density at radius 2 is 1.52 bits per heavy atom. The Kier molecular flexibility index (Phi) is 6.60. The molecule has 0 saturated heterocycles. The Morgan fingerprint density at radius 3 is 2.15 bits per heavy atom. The maximum atomic E-state index is 13.2. The molecule has 7 unspecified atom stereocenters. The van der Waals surface area contributed by atoms with Gasteiger partial charge in [-0.2, -0.15) is 0 Å². The van der Waals surface area contributed by atoms with Gasteiger partial charge in [-0.3, -0.25) is 0 Å². The van der Waals surface area contributed by atoms with E-state index in [-0.39, 0.29) is 35.5 Å². The summed E-state index contributed by atoms with van der Waals surface area (Å²) in [4.78, 5) is 26.3. The van der Waals surface area contributed by atoms with Crippen LogP contribution in [0.15, 0.2) is 48.5 Å². The lowest BCUT2D eigenvalue weighted by Crippen LogP contribution is -2.49. The number of ether oxygens (including phenoxy) is 2. The maximum absolute atomic E-state index is 13.2. The molecule has 2 aromatic rings. The largest absolute Gasteiger partial charge is 0.455 e. The number of benzene rings is 2. The summed E-state index contributed by atoms with van der Waals surface area (Å²) >= 11 is 0. The van der Waals surface area contributed by atoms with Crippen LogP contribution in [0.5, 0.6) is 0 Å². The zero-order chi connectivity index (χ0) is 23.0. The van der Waals surface area contributed by atoms with Gasteiger partial charge in [-0.25, -0.2) is 9.59 Å². The van der Waals surface area contributed by atoms with Crippen LogP contribution >= 0.6 is 17.2 Å². The highest BCUT2D eigenvalue weighted by atomic mass is 31.1. The van der Waals surface area contributed by atoms with E-state index in [1.807, 2.05) is 48.5 Å². The topological polar surface area (TPSA) is 52.6 Å². The molecule has 4 nitrogen and oxygen atoms in total. The lowest BCUT2D eigenvalue weighted by atomic mass is 9.67. The van der Waals surface area contributed by atoms with Gasteiger partial charge in [-0.1, -0.05) is 47.8 Å². The fourth-order valence-electron chi connectivity index (χ4n) is 6.61. The third-order valence-electron chi connectivity index (χ3n) is 8.14. The summed E-state index contributed by atoms with van der Waals surface area (Å²) in [6.45, 7) is 4.21. The molecule has 0 N–H and O–H groups in total. The first-order valence-corrected chi connectivity index (χ1v) is 15.0. The molecule has 0 aromatic heterocycles. The molecule has 2 bridgehead atoms. The average Bonchev–Trinajstić information content (AvgIpc) is 3.37. The summed E-state index contributed by atoms with van der Waals surface area (Å²) in [5.74, 6) is 0.260. The van der Waals surface area contributed by atoms with Gasteiger partial charge < -0.3 is 9.47 Å². The van der Waals surface area contributed by atoms with Gasteiger partial charge in [0.2, 0.25) is 0 Å². The van der Waals surface area contributed by atoms with E-state index >= 15 is 0 Å². The third kappa shape index (κ3) is 4.38. The summed E-state index contributed by atoms with van der Waals surface area (Å²) < 4.78 is 12.3. The van der Waals surface area contributed by atoms with E-state index in [1.165, 1.54) is 19.3 Å². The predicted molar refractivity (Wildman–Crippen MR) is 136 cm³/mol. The molecule has 3 fully saturated rings. The van der Waals surface area contributed by atoms with Crippen LogP contribution in [0.25, 0.3) is 0 Å². The minimum atomic E-state index is -0.382. The van der Waals surface area contributed by atoms with Crippen molar-refractivity contribution in [1.29, 1.82) is 0 Å². The molecule has 6 heteroatoms. The van der Waals surface area contributed by atoms with E-state index in [1.54, 1.807) is 0 Å². The van der Waals surface area contributed by atoms with Gasteiger partial charge in [0.05, 0.1) is 11.1 Å². The first-order chi connectivity index (χ1) is 16.0. The molecule has 0 heterocycles.